The van der Waals surface area contributed by atoms with Gasteiger partial charge in [0.1, 0.15) is 11.8 Å². The molecule has 1 unspecified atom stereocenters. The summed E-state index contributed by atoms with van der Waals surface area (Å²) in [5, 5.41) is 14.2. The van der Waals surface area contributed by atoms with Crippen molar-refractivity contribution in [1.29, 1.82) is 0 Å². The molecule has 6 nitrogen and oxygen atoms in total. The Kier molecular flexibility index (Phi) is 4.45. The number of carboxylic acids is 1. The van der Waals surface area contributed by atoms with Gasteiger partial charge in [0.15, 0.2) is 0 Å². The van der Waals surface area contributed by atoms with Gasteiger partial charge in [0, 0.05) is 0 Å². The number of anilines is 1. The van der Waals surface area contributed by atoms with E-state index in [4.69, 9.17) is 9.84 Å². The van der Waals surface area contributed by atoms with Crippen molar-refractivity contribution in [3.63, 3.8) is 0 Å². The summed E-state index contributed by atoms with van der Waals surface area (Å²) in [7, 11) is 0. The van der Waals surface area contributed by atoms with Crippen LogP contribution in [0.5, 0.6) is 5.75 Å². The van der Waals surface area contributed by atoms with E-state index in [0.29, 0.717) is 18.0 Å². The lowest BCUT2D eigenvalue weighted by molar-refractivity contribution is -0.139. The van der Waals surface area contributed by atoms with Crippen molar-refractivity contribution in [2.75, 3.05) is 11.9 Å². The summed E-state index contributed by atoms with van der Waals surface area (Å²) in [6.45, 7) is 2.34. The minimum absolute atomic E-state index is 0.0420. The van der Waals surface area contributed by atoms with E-state index in [-0.39, 0.29) is 5.92 Å². The van der Waals surface area contributed by atoms with Gasteiger partial charge in [-0.2, -0.15) is 0 Å². The van der Waals surface area contributed by atoms with Crippen LogP contribution in [0.3, 0.4) is 0 Å². The maximum absolute atomic E-state index is 11.9. The summed E-state index contributed by atoms with van der Waals surface area (Å²) in [6.07, 6.45) is 1.68. The van der Waals surface area contributed by atoms with Gasteiger partial charge in [-0.1, -0.05) is 12.1 Å². The summed E-state index contributed by atoms with van der Waals surface area (Å²) in [6, 6.07) is 5.67. The fraction of sp³-hybridized carbons (Fsp3) is 0.429. The van der Waals surface area contributed by atoms with Crippen LogP contribution in [-0.4, -0.2) is 29.8 Å². The third kappa shape index (κ3) is 3.63. The number of urea groups is 1. The highest BCUT2D eigenvalue weighted by Crippen LogP contribution is 2.33. The number of carboxylic acid groups (broad SMARTS) is 1. The molecule has 0 bridgehead atoms. The number of ether oxygens (including phenoxy) is 1. The second kappa shape index (κ2) is 6.27. The molecule has 1 aliphatic rings. The molecular formula is C14H18N2O4. The highest BCUT2D eigenvalue weighted by atomic mass is 16.5. The number of rotatable bonds is 6. The van der Waals surface area contributed by atoms with E-state index in [1.807, 2.05) is 6.92 Å². The third-order valence-corrected chi connectivity index (χ3v) is 3.08. The topological polar surface area (TPSA) is 87.7 Å². The van der Waals surface area contributed by atoms with Crippen LogP contribution in [0.2, 0.25) is 0 Å². The Hall–Kier alpha value is -2.24. The lowest BCUT2D eigenvalue weighted by atomic mass is 10.2. The standard InChI is InChI=1S/C14H18N2O4/c1-2-20-11-6-4-3-5-10(11)15-14(19)16-12(13(17)18)9-7-8-9/h3-6,9,12H,2,7-8H2,1H3,(H,17,18)(H2,15,16,19). The first-order valence-corrected chi connectivity index (χ1v) is 6.64. The second-order valence-corrected chi connectivity index (χ2v) is 4.68. The number of carbonyl (C=O) groups is 2. The van der Waals surface area contributed by atoms with Crippen molar-refractivity contribution in [2.24, 2.45) is 5.92 Å². The van der Waals surface area contributed by atoms with E-state index in [1.165, 1.54) is 0 Å². The van der Waals surface area contributed by atoms with Gasteiger partial charge in [0.25, 0.3) is 0 Å². The van der Waals surface area contributed by atoms with Gasteiger partial charge in [0.05, 0.1) is 12.3 Å². The lowest BCUT2D eigenvalue weighted by Crippen LogP contribution is -2.44. The summed E-state index contributed by atoms with van der Waals surface area (Å²) in [5.41, 5.74) is 0.520. The van der Waals surface area contributed by atoms with Crippen LogP contribution in [-0.2, 0) is 4.79 Å². The first-order valence-electron chi connectivity index (χ1n) is 6.64. The molecule has 1 fully saturated rings. The predicted molar refractivity (Wildman–Crippen MR) is 73.9 cm³/mol. The number of para-hydroxylation sites is 2. The number of nitrogens with one attached hydrogen (secondary N) is 2. The van der Waals surface area contributed by atoms with Crippen LogP contribution in [0, 0.1) is 5.92 Å². The van der Waals surface area contributed by atoms with Crippen molar-refractivity contribution in [1.82, 2.24) is 5.32 Å². The molecule has 6 heteroatoms. The Morgan fingerprint density at radius 3 is 2.70 bits per heavy atom. The van der Waals surface area contributed by atoms with Crippen molar-refractivity contribution in [3.05, 3.63) is 24.3 Å². The van der Waals surface area contributed by atoms with Crippen LogP contribution < -0.4 is 15.4 Å². The van der Waals surface area contributed by atoms with Gasteiger partial charge >= 0.3 is 12.0 Å². The number of hydrogen-bond acceptors (Lipinski definition) is 3. The molecule has 0 spiro atoms. The van der Waals surface area contributed by atoms with Gasteiger partial charge in [-0.15, -0.1) is 0 Å². The molecule has 0 heterocycles. The zero-order valence-corrected chi connectivity index (χ0v) is 11.3. The summed E-state index contributed by atoms with van der Waals surface area (Å²) >= 11 is 0. The van der Waals surface area contributed by atoms with Crippen molar-refractivity contribution in [2.45, 2.75) is 25.8 Å². The van der Waals surface area contributed by atoms with E-state index in [2.05, 4.69) is 10.6 Å². The van der Waals surface area contributed by atoms with Crippen LogP contribution in [0.1, 0.15) is 19.8 Å². The van der Waals surface area contributed by atoms with E-state index < -0.39 is 18.0 Å². The molecule has 2 amide bonds. The lowest BCUT2D eigenvalue weighted by Gasteiger charge is -2.16. The molecule has 0 aromatic heterocycles. The van der Waals surface area contributed by atoms with Crippen molar-refractivity contribution < 1.29 is 19.4 Å². The fourth-order valence-electron chi connectivity index (χ4n) is 1.96. The van der Waals surface area contributed by atoms with Crippen molar-refractivity contribution in [3.8, 4) is 5.75 Å². The second-order valence-electron chi connectivity index (χ2n) is 4.68. The Balaban J connectivity index is 1.98. The number of benzene rings is 1. The van der Waals surface area contributed by atoms with E-state index in [1.54, 1.807) is 24.3 Å². The van der Waals surface area contributed by atoms with Crippen LogP contribution in [0.4, 0.5) is 10.5 Å². The summed E-state index contributed by atoms with van der Waals surface area (Å²) in [5.74, 6) is -0.399. The minimum Gasteiger partial charge on any atom is -0.492 e. The SMILES string of the molecule is CCOc1ccccc1NC(=O)NC(C(=O)O)C1CC1. The molecule has 1 aliphatic carbocycles. The Labute approximate surface area is 117 Å². The first-order chi connectivity index (χ1) is 9.61. The molecule has 1 saturated carbocycles. The molecule has 3 N–H and O–H groups in total. The monoisotopic (exact) mass is 278 g/mol. The zero-order chi connectivity index (χ0) is 14.5. The van der Waals surface area contributed by atoms with E-state index in [0.717, 1.165) is 12.8 Å². The number of amides is 2. The molecule has 1 atom stereocenters. The third-order valence-electron chi connectivity index (χ3n) is 3.08. The molecule has 0 radical (unpaired) electrons. The molecule has 1 aromatic rings. The van der Waals surface area contributed by atoms with E-state index in [9.17, 15) is 9.59 Å². The van der Waals surface area contributed by atoms with Gasteiger partial charge < -0.3 is 20.5 Å². The Morgan fingerprint density at radius 2 is 2.10 bits per heavy atom. The molecule has 0 saturated heterocycles. The van der Waals surface area contributed by atoms with Crippen LogP contribution >= 0.6 is 0 Å². The molecule has 20 heavy (non-hydrogen) atoms. The number of carbonyl (C=O) groups excluding carboxylic acids is 1. The zero-order valence-electron chi connectivity index (χ0n) is 11.3. The summed E-state index contributed by atoms with van der Waals surface area (Å²) < 4.78 is 5.39. The maximum atomic E-state index is 11.9. The van der Waals surface area contributed by atoms with Crippen LogP contribution in [0.25, 0.3) is 0 Å². The average Bonchev–Trinajstić information content (AvgIpc) is 3.22. The highest BCUT2D eigenvalue weighted by molar-refractivity contribution is 5.93. The first kappa shape index (κ1) is 14.2. The predicted octanol–water partition coefficient (Wildman–Crippen LogP) is 2.07. The Bertz CT molecular complexity index is 500. The molecule has 1 aromatic carbocycles. The number of aliphatic carboxylic acids is 1. The van der Waals surface area contributed by atoms with Gasteiger partial charge in [-0.05, 0) is 37.8 Å². The smallest absolute Gasteiger partial charge is 0.326 e. The molecular weight excluding hydrogens is 260 g/mol. The normalized spacial score (nSPS) is 15.2. The fourth-order valence-corrected chi connectivity index (χ4v) is 1.96. The van der Waals surface area contributed by atoms with Crippen LogP contribution in [0.15, 0.2) is 24.3 Å². The highest BCUT2D eigenvalue weighted by Gasteiger charge is 2.37. The average molecular weight is 278 g/mol. The quantitative estimate of drug-likeness (QED) is 0.743. The summed E-state index contributed by atoms with van der Waals surface area (Å²) in [4.78, 5) is 22.9. The largest absolute Gasteiger partial charge is 0.492 e. The van der Waals surface area contributed by atoms with E-state index >= 15 is 0 Å². The van der Waals surface area contributed by atoms with Gasteiger partial charge in [-0.25, -0.2) is 9.59 Å². The molecule has 108 valence electrons. The molecule has 2 rings (SSSR count). The Morgan fingerprint density at radius 1 is 1.40 bits per heavy atom. The van der Waals surface area contributed by atoms with Gasteiger partial charge in [-0.3, -0.25) is 0 Å². The van der Waals surface area contributed by atoms with Crippen molar-refractivity contribution >= 4 is 17.7 Å². The molecule has 0 aliphatic heterocycles. The number of hydrogen-bond donors (Lipinski definition) is 3. The van der Waals surface area contributed by atoms with Gasteiger partial charge in [0.2, 0.25) is 0 Å². The maximum Gasteiger partial charge on any atom is 0.326 e. The minimum atomic E-state index is -0.999.